The predicted octanol–water partition coefficient (Wildman–Crippen LogP) is 4.00. The molecular formula is C22H31FN4O2S. The molecule has 2 N–H and O–H groups in total. The van der Waals surface area contributed by atoms with Crippen molar-refractivity contribution in [2.45, 2.75) is 57.5 Å². The Morgan fingerprint density at radius 3 is 2.33 bits per heavy atom. The molecule has 1 aromatic heterocycles. The number of benzene rings is 1. The zero-order valence-corrected chi connectivity index (χ0v) is 19.3. The summed E-state index contributed by atoms with van der Waals surface area (Å²) in [5.74, 6) is -1.03. The molecule has 8 heteroatoms. The molecule has 0 bridgehead atoms. The largest absolute Gasteiger partial charge is 0.305 e. The van der Waals surface area contributed by atoms with E-state index < -0.39 is 15.8 Å². The number of amides is 1. The third-order valence-electron chi connectivity index (χ3n) is 4.70. The summed E-state index contributed by atoms with van der Waals surface area (Å²) < 4.78 is 31.1. The highest BCUT2D eigenvalue weighted by atomic mass is 32.2. The summed E-state index contributed by atoms with van der Waals surface area (Å²) >= 11 is 0. The van der Waals surface area contributed by atoms with Gasteiger partial charge in [-0.25, -0.2) is 18.7 Å². The van der Waals surface area contributed by atoms with Crippen LogP contribution in [0.15, 0.2) is 39.9 Å². The van der Waals surface area contributed by atoms with Gasteiger partial charge < -0.3 is 4.90 Å². The lowest BCUT2D eigenvalue weighted by molar-refractivity contribution is -0.117. The predicted molar refractivity (Wildman–Crippen MR) is 118 cm³/mol. The van der Waals surface area contributed by atoms with E-state index in [0.29, 0.717) is 17.7 Å². The second-order valence-electron chi connectivity index (χ2n) is 8.31. The quantitative estimate of drug-likeness (QED) is 0.713. The van der Waals surface area contributed by atoms with Gasteiger partial charge in [0.2, 0.25) is 0 Å². The standard InChI is InChI=1S/C22H31FN4O2S/c1-14(2)17-8-9-19(23)22(15(3)4)18(17)11-20(28)26-30(24,29)21-10-7-16(12-25-21)13-27(5)6/h7-10,12,14-15H,11,13H2,1-6H3,(H2,24,26,28,29). The van der Waals surface area contributed by atoms with Crippen molar-refractivity contribution in [2.75, 3.05) is 14.1 Å². The number of hydrogen-bond donors (Lipinski definition) is 1. The molecule has 0 spiro atoms. The summed E-state index contributed by atoms with van der Waals surface area (Å²) in [7, 11) is 0.361. The number of halogens is 1. The fraction of sp³-hybridized carbons (Fsp3) is 0.455. The SMILES string of the molecule is CC(C)c1ccc(F)c(C(C)C)c1CC(=O)N=S(N)(=O)c1ccc(CN(C)C)cn1. The van der Waals surface area contributed by atoms with Crippen molar-refractivity contribution in [1.29, 1.82) is 0 Å². The number of pyridine rings is 1. The third kappa shape index (κ3) is 5.93. The Bertz CT molecular complexity index is 1020. The lowest BCUT2D eigenvalue weighted by Gasteiger charge is -2.19. The molecule has 1 amide bonds. The highest BCUT2D eigenvalue weighted by molar-refractivity contribution is 7.91. The lowest BCUT2D eigenvalue weighted by atomic mass is 9.86. The molecular weight excluding hydrogens is 403 g/mol. The molecule has 2 aromatic rings. The molecule has 0 saturated carbocycles. The zero-order valence-electron chi connectivity index (χ0n) is 18.5. The van der Waals surface area contributed by atoms with Crippen LogP contribution in [0.1, 0.15) is 61.8 Å². The number of carbonyl (C=O) groups is 1. The van der Waals surface area contributed by atoms with Crippen molar-refractivity contribution >= 4 is 15.8 Å². The van der Waals surface area contributed by atoms with E-state index >= 15 is 0 Å². The fourth-order valence-corrected chi connectivity index (χ4v) is 4.37. The third-order valence-corrected chi connectivity index (χ3v) is 6.02. The van der Waals surface area contributed by atoms with Crippen molar-refractivity contribution < 1.29 is 13.4 Å². The number of rotatable bonds is 7. The molecule has 0 saturated heterocycles. The van der Waals surface area contributed by atoms with E-state index in [0.717, 1.165) is 11.1 Å². The maximum atomic E-state index is 14.5. The van der Waals surface area contributed by atoms with E-state index in [4.69, 9.17) is 5.14 Å². The molecule has 164 valence electrons. The van der Waals surface area contributed by atoms with Gasteiger partial charge in [0.1, 0.15) is 5.82 Å². The highest BCUT2D eigenvalue weighted by Crippen LogP contribution is 2.30. The van der Waals surface area contributed by atoms with E-state index in [1.54, 1.807) is 18.3 Å². The van der Waals surface area contributed by atoms with E-state index in [2.05, 4.69) is 9.35 Å². The van der Waals surface area contributed by atoms with Crippen LogP contribution in [-0.2, 0) is 27.7 Å². The number of aromatic nitrogens is 1. The van der Waals surface area contributed by atoms with Crippen LogP contribution < -0.4 is 5.14 Å². The number of carbonyl (C=O) groups excluding carboxylic acids is 1. The highest BCUT2D eigenvalue weighted by Gasteiger charge is 2.21. The number of nitrogens with two attached hydrogens (primary N) is 1. The van der Waals surface area contributed by atoms with Crippen LogP contribution in [0.5, 0.6) is 0 Å². The van der Waals surface area contributed by atoms with Crippen LogP contribution in [-0.4, -0.2) is 34.1 Å². The second-order valence-corrected chi connectivity index (χ2v) is 10.0. The molecule has 1 atom stereocenters. The average Bonchev–Trinajstić information content (AvgIpc) is 2.60. The molecule has 30 heavy (non-hydrogen) atoms. The first-order valence-corrected chi connectivity index (χ1v) is 11.5. The Morgan fingerprint density at radius 1 is 1.17 bits per heavy atom. The summed E-state index contributed by atoms with van der Waals surface area (Å²) in [4.78, 5) is 18.8. The minimum absolute atomic E-state index is 0.0470. The van der Waals surface area contributed by atoms with Crippen molar-refractivity contribution in [3.8, 4) is 0 Å². The van der Waals surface area contributed by atoms with Crippen molar-refractivity contribution in [1.82, 2.24) is 9.88 Å². The van der Waals surface area contributed by atoms with Gasteiger partial charge >= 0.3 is 0 Å². The van der Waals surface area contributed by atoms with Gasteiger partial charge in [0.25, 0.3) is 5.91 Å². The maximum Gasteiger partial charge on any atom is 0.259 e. The van der Waals surface area contributed by atoms with Crippen molar-refractivity contribution in [3.05, 3.63) is 58.5 Å². The van der Waals surface area contributed by atoms with E-state index in [-0.39, 0.29) is 29.1 Å². The van der Waals surface area contributed by atoms with Crippen molar-refractivity contribution in [3.63, 3.8) is 0 Å². The summed E-state index contributed by atoms with van der Waals surface area (Å²) in [6, 6.07) is 6.41. The molecule has 0 aliphatic heterocycles. The second kappa shape index (κ2) is 9.76. The average molecular weight is 435 g/mol. The van der Waals surface area contributed by atoms with Gasteiger partial charge in [0, 0.05) is 12.7 Å². The Balaban J connectivity index is 2.39. The van der Waals surface area contributed by atoms with Crippen LogP contribution >= 0.6 is 0 Å². The normalized spacial score (nSPS) is 13.7. The van der Waals surface area contributed by atoms with Crippen LogP contribution in [0, 0.1) is 5.82 Å². The van der Waals surface area contributed by atoms with Crippen LogP contribution in [0.3, 0.4) is 0 Å². The first-order chi connectivity index (χ1) is 13.9. The minimum Gasteiger partial charge on any atom is -0.305 e. The molecule has 1 aromatic carbocycles. The monoisotopic (exact) mass is 434 g/mol. The Kier molecular flexibility index (Phi) is 7.85. The number of nitrogens with zero attached hydrogens (tertiary/aromatic N) is 3. The fourth-order valence-electron chi connectivity index (χ4n) is 3.44. The summed E-state index contributed by atoms with van der Waals surface area (Å²) in [6.07, 6.45) is 1.41. The Morgan fingerprint density at radius 2 is 1.83 bits per heavy atom. The lowest BCUT2D eigenvalue weighted by Crippen LogP contribution is -2.18. The smallest absolute Gasteiger partial charge is 0.259 e. The summed E-state index contributed by atoms with van der Waals surface area (Å²) in [5.41, 5.74) is 2.88. The first-order valence-electron chi connectivity index (χ1n) is 9.91. The molecule has 1 heterocycles. The number of hydrogen-bond acceptors (Lipinski definition) is 4. The maximum absolute atomic E-state index is 14.5. The van der Waals surface area contributed by atoms with E-state index in [1.807, 2.05) is 46.7 Å². The van der Waals surface area contributed by atoms with Gasteiger partial charge in [-0.3, -0.25) is 4.79 Å². The van der Waals surface area contributed by atoms with Crippen LogP contribution in [0.25, 0.3) is 0 Å². The van der Waals surface area contributed by atoms with E-state index in [1.165, 1.54) is 12.1 Å². The Labute approximate surface area is 179 Å². The molecule has 0 fully saturated rings. The molecule has 0 aliphatic carbocycles. The molecule has 0 aliphatic rings. The van der Waals surface area contributed by atoms with Crippen LogP contribution in [0.2, 0.25) is 0 Å². The van der Waals surface area contributed by atoms with Gasteiger partial charge in [-0.15, -0.1) is 4.36 Å². The van der Waals surface area contributed by atoms with E-state index in [9.17, 15) is 13.4 Å². The summed E-state index contributed by atoms with van der Waals surface area (Å²) in [5, 5.41) is 5.91. The molecule has 1 unspecified atom stereocenters. The van der Waals surface area contributed by atoms with Crippen molar-refractivity contribution in [2.24, 2.45) is 9.50 Å². The molecule has 6 nitrogen and oxygen atoms in total. The molecule has 0 radical (unpaired) electrons. The Hall–Kier alpha value is -2.16. The first kappa shape index (κ1) is 24.1. The summed E-state index contributed by atoms with van der Waals surface area (Å²) in [6.45, 7) is 8.38. The topological polar surface area (TPSA) is 88.7 Å². The zero-order chi connectivity index (χ0) is 22.6. The molecule has 2 rings (SSSR count). The van der Waals surface area contributed by atoms with Gasteiger partial charge in [0.05, 0.1) is 6.42 Å². The minimum atomic E-state index is -3.49. The van der Waals surface area contributed by atoms with Gasteiger partial charge in [-0.1, -0.05) is 39.8 Å². The van der Waals surface area contributed by atoms with Crippen LogP contribution in [0.4, 0.5) is 4.39 Å². The van der Waals surface area contributed by atoms with Gasteiger partial charge in [-0.2, -0.15) is 0 Å². The van der Waals surface area contributed by atoms with Gasteiger partial charge in [-0.05, 0) is 60.3 Å². The van der Waals surface area contributed by atoms with Gasteiger partial charge in [0.15, 0.2) is 14.9 Å².